The zero-order chi connectivity index (χ0) is 20.0. The molecule has 2 aromatic rings. The molecular weight excluding hydrogens is 346 g/mol. The third-order valence-electron chi connectivity index (χ3n) is 4.03. The van der Waals surface area contributed by atoms with Crippen LogP contribution in [0, 0.1) is 0 Å². The normalized spacial score (nSPS) is 11.1. The van der Waals surface area contributed by atoms with Gasteiger partial charge >= 0.3 is 0 Å². The Morgan fingerprint density at radius 2 is 1.70 bits per heavy atom. The Labute approximate surface area is 159 Å². The van der Waals surface area contributed by atoms with Crippen LogP contribution in [0.5, 0.6) is 23.0 Å². The van der Waals surface area contributed by atoms with Crippen molar-refractivity contribution in [1.82, 2.24) is 0 Å². The summed E-state index contributed by atoms with van der Waals surface area (Å²) in [6, 6.07) is 8.74. The van der Waals surface area contributed by atoms with E-state index in [1.54, 1.807) is 37.3 Å². The van der Waals surface area contributed by atoms with Gasteiger partial charge in [-0.25, -0.2) is 0 Å². The van der Waals surface area contributed by atoms with Crippen molar-refractivity contribution < 1.29 is 23.7 Å². The fraction of sp³-hybridized carbons (Fsp3) is 0.286. The second-order valence-electron chi connectivity index (χ2n) is 5.77. The average Bonchev–Trinajstić information content (AvgIpc) is 2.68. The van der Waals surface area contributed by atoms with Gasteiger partial charge in [-0.1, -0.05) is 6.07 Å². The summed E-state index contributed by atoms with van der Waals surface area (Å²) in [5, 5.41) is 0. The van der Waals surface area contributed by atoms with Crippen LogP contribution in [-0.2, 0) is 0 Å². The summed E-state index contributed by atoms with van der Waals surface area (Å²) in [7, 11) is 4.52. The highest BCUT2D eigenvalue weighted by atomic mass is 16.5. The lowest BCUT2D eigenvalue weighted by Gasteiger charge is -2.15. The fourth-order valence-corrected chi connectivity index (χ4v) is 2.73. The van der Waals surface area contributed by atoms with E-state index in [0.717, 1.165) is 5.56 Å². The highest BCUT2D eigenvalue weighted by Gasteiger charge is 2.21. The average molecular weight is 371 g/mol. The fourth-order valence-electron chi connectivity index (χ4n) is 2.73. The minimum absolute atomic E-state index is 0.178. The standard InChI is InChI=1S/C21H25NO5/c1-6-27-18-12-14(7-9-16(18)22)11-13(2)19(23)15-8-10-17(24-3)21(26-5)20(15)25-4/h7-12H,6,22H2,1-5H3. The van der Waals surface area contributed by atoms with Crippen LogP contribution in [-0.4, -0.2) is 33.7 Å². The lowest BCUT2D eigenvalue weighted by molar-refractivity contribution is 0.103. The second-order valence-corrected chi connectivity index (χ2v) is 5.77. The molecule has 2 rings (SSSR count). The number of nitrogens with two attached hydrogens (primary N) is 1. The lowest BCUT2D eigenvalue weighted by atomic mass is 10.0. The largest absolute Gasteiger partial charge is 0.493 e. The van der Waals surface area contributed by atoms with Crippen molar-refractivity contribution in [3.63, 3.8) is 0 Å². The Morgan fingerprint density at radius 1 is 1.00 bits per heavy atom. The molecule has 0 aliphatic carbocycles. The first kappa shape index (κ1) is 20.2. The number of anilines is 1. The molecule has 0 fully saturated rings. The van der Waals surface area contributed by atoms with Crippen molar-refractivity contribution in [2.45, 2.75) is 13.8 Å². The van der Waals surface area contributed by atoms with Crippen molar-refractivity contribution in [3.8, 4) is 23.0 Å². The molecule has 0 aromatic heterocycles. The SMILES string of the molecule is CCOc1cc(C=C(C)C(=O)c2ccc(OC)c(OC)c2OC)ccc1N. The Balaban J connectivity index is 2.43. The minimum atomic E-state index is -0.178. The Hall–Kier alpha value is -3.15. The van der Waals surface area contributed by atoms with Gasteiger partial charge in [-0.05, 0) is 55.3 Å². The molecule has 0 heterocycles. The van der Waals surface area contributed by atoms with Crippen LogP contribution in [0.15, 0.2) is 35.9 Å². The first-order chi connectivity index (χ1) is 13.0. The van der Waals surface area contributed by atoms with Gasteiger partial charge in [-0.15, -0.1) is 0 Å². The summed E-state index contributed by atoms with van der Waals surface area (Å²) >= 11 is 0. The van der Waals surface area contributed by atoms with E-state index < -0.39 is 0 Å². The molecule has 0 bridgehead atoms. The molecule has 2 aromatic carbocycles. The van der Waals surface area contributed by atoms with E-state index in [-0.39, 0.29) is 5.78 Å². The van der Waals surface area contributed by atoms with Crippen LogP contribution in [0.1, 0.15) is 29.8 Å². The van der Waals surface area contributed by atoms with Gasteiger partial charge in [0, 0.05) is 0 Å². The molecule has 27 heavy (non-hydrogen) atoms. The van der Waals surface area contributed by atoms with Crippen molar-refractivity contribution in [3.05, 3.63) is 47.0 Å². The maximum Gasteiger partial charge on any atom is 0.204 e. The molecule has 0 radical (unpaired) electrons. The maximum atomic E-state index is 13.0. The van der Waals surface area contributed by atoms with Crippen molar-refractivity contribution in [1.29, 1.82) is 0 Å². The Kier molecular flexibility index (Phi) is 6.71. The number of carbonyl (C=O) groups excluding carboxylic acids is 1. The molecule has 0 aliphatic heterocycles. The van der Waals surface area contributed by atoms with Crippen molar-refractivity contribution >= 4 is 17.5 Å². The van der Waals surface area contributed by atoms with Gasteiger partial charge in [-0.3, -0.25) is 4.79 Å². The van der Waals surface area contributed by atoms with E-state index in [1.165, 1.54) is 21.3 Å². The number of ether oxygens (including phenoxy) is 4. The summed E-state index contributed by atoms with van der Waals surface area (Å²) in [6.07, 6.45) is 1.78. The predicted molar refractivity (Wildman–Crippen MR) is 106 cm³/mol. The van der Waals surface area contributed by atoms with E-state index >= 15 is 0 Å². The molecule has 0 spiro atoms. The number of benzene rings is 2. The van der Waals surface area contributed by atoms with Gasteiger partial charge in [0.05, 0.1) is 39.2 Å². The van der Waals surface area contributed by atoms with Gasteiger partial charge in [-0.2, -0.15) is 0 Å². The van der Waals surface area contributed by atoms with E-state index in [0.29, 0.717) is 46.4 Å². The topological polar surface area (TPSA) is 80.0 Å². The third-order valence-corrected chi connectivity index (χ3v) is 4.03. The predicted octanol–water partition coefficient (Wildman–Crippen LogP) is 3.98. The van der Waals surface area contributed by atoms with E-state index in [9.17, 15) is 4.79 Å². The monoisotopic (exact) mass is 371 g/mol. The molecule has 2 N–H and O–H groups in total. The van der Waals surface area contributed by atoms with Crippen LogP contribution < -0.4 is 24.7 Å². The van der Waals surface area contributed by atoms with Gasteiger partial charge in [0.1, 0.15) is 5.75 Å². The molecule has 0 saturated carbocycles. The Bertz CT molecular complexity index is 858. The molecule has 0 aliphatic rings. The molecule has 6 nitrogen and oxygen atoms in total. The first-order valence-electron chi connectivity index (χ1n) is 8.51. The smallest absolute Gasteiger partial charge is 0.204 e. The van der Waals surface area contributed by atoms with Gasteiger partial charge in [0.15, 0.2) is 17.3 Å². The van der Waals surface area contributed by atoms with Crippen LogP contribution in [0.3, 0.4) is 0 Å². The van der Waals surface area contributed by atoms with Gasteiger partial charge in [0.25, 0.3) is 0 Å². The number of rotatable bonds is 8. The molecule has 6 heteroatoms. The quantitative estimate of drug-likeness (QED) is 0.429. The van der Waals surface area contributed by atoms with Crippen LogP contribution in [0.2, 0.25) is 0 Å². The third kappa shape index (κ3) is 4.34. The van der Waals surface area contributed by atoms with E-state index in [1.807, 2.05) is 13.0 Å². The summed E-state index contributed by atoms with van der Waals surface area (Å²) < 4.78 is 21.5. The number of hydrogen-bond acceptors (Lipinski definition) is 6. The molecule has 144 valence electrons. The first-order valence-corrected chi connectivity index (χ1v) is 8.51. The number of carbonyl (C=O) groups is 1. The molecular formula is C21H25NO5. The minimum Gasteiger partial charge on any atom is -0.493 e. The van der Waals surface area contributed by atoms with Crippen LogP contribution >= 0.6 is 0 Å². The van der Waals surface area contributed by atoms with Crippen LogP contribution in [0.25, 0.3) is 6.08 Å². The number of ketones is 1. The Morgan fingerprint density at radius 3 is 2.30 bits per heavy atom. The van der Waals surface area contributed by atoms with E-state index in [4.69, 9.17) is 24.7 Å². The number of Topliss-reactive ketones (excluding diaryl/α,β-unsaturated/α-hetero) is 1. The van der Waals surface area contributed by atoms with Crippen molar-refractivity contribution in [2.24, 2.45) is 0 Å². The summed E-state index contributed by atoms with van der Waals surface area (Å²) in [5.41, 5.74) is 8.20. The van der Waals surface area contributed by atoms with Gasteiger partial charge < -0.3 is 24.7 Å². The molecule has 0 amide bonds. The summed E-state index contributed by atoms with van der Waals surface area (Å²) in [5.74, 6) is 1.62. The number of hydrogen-bond donors (Lipinski definition) is 1. The highest BCUT2D eigenvalue weighted by Crippen LogP contribution is 2.40. The summed E-state index contributed by atoms with van der Waals surface area (Å²) in [6.45, 7) is 4.15. The highest BCUT2D eigenvalue weighted by molar-refractivity contribution is 6.13. The number of methoxy groups -OCH3 is 3. The molecule has 0 saturated heterocycles. The molecule has 0 atom stereocenters. The zero-order valence-electron chi connectivity index (χ0n) is 16.3. The zero-order valence-corrected chi connectivity index (χ0v) is 16.3. The van der Waals surface area contributed by atoms with Crippen LogP contribution in [0.4, 0.5) is 5.69 Å². The number of nitrogen functional groups attached to an aromatic ring is 1. The van der Waals surface area contributed by atoms with Gasteiger partial charge in [0.2, 0.25) is 5.75 Å². The number of allylic oxidation sites excluding steroid dienone is 1. The van der Waals surface area contributed by atoms with E-state index in [2.05, 4.69) is 0 Å². The van der Waals surface area contributed by atoms with Crippen molar-refractivity contribution in [2.75, 3.05) is 33.7 Å². The molecule has 0 unspecified atom stereocenters. The second kappa shape index (κ2) is 8.98. The summed E-state index contributed by atoms with van der Waals surface area (Å²) in [4.78, 5) is 13.0. The maximum absolute atomic E-state index is 13.0. The lowest BCUT2D eigenvalue weighted by Crippen LogP contribution is -2.06.